The van der Waals surface area contributed by atoms with Gasteiger partial charge >= 0.3 is 18.9 Å². The maximum atomic E-state index is 11.6. The van der Waals surface area contributed by atoms with Crippen molar-refractivity contribution in [2.45, 2.75) is 59.0 Å². The van der Waals surface area contributed by atoms with Crippen LogP contribution in [0.3, 0.4) is 0 Å². The van der Waals surface area contributed by atoms with Crippen LogP contribution in [0.1, 0.15) is 33.3 Å². The fourth-order valence-electron chi connectivity index (χ4n) is 1.56. The Hall–Kier alpha value is -0.166. The van der Waals surface area contributed by atoms with Crippen molar-refractivity contribution < 1.29 is 28.0 Å². The number of nitrogens with zero attached hydrogens (tertiary/aromatic N) is 1. The van der Waals surface area contributed by atoms with Crippen LogP contribution >= 0.6 is 12.2 Å². The maximum absolute atomic E-state index is 11.6. The van der Waals surface area contributed by atoms with E-state index in [9.17, 15) is 4.79 Å². The molecule has 0 saturated heterocycles. The van der Waals surface area contributed by atoms with Gasteiger partial charge in [0, 0.05) is 0 Å². The Morgan fingerprint density at radius 3 is 2.43 bits per heavy atom. The molecule has 1 aromatic heterocycles. The molecule has 1 aromatic rings. The van der Waals surface area contributed by atoms with Gasteiger partial charge < -0.3 is 23.5 Å². The zero-order valence-electron chi connectivity index (χ0n) is 15.4. The fourth-order valence-corrected chi connectivity index (χ4v) is 2.78. The van der Waals surface area contributed by atoms with Crippen molar-refractivity contribution in [2.24, 2.45) is 0 Å². The number of hydrogen-bond acceptors (Lipinski definition) is 4. The first kappa shape index (κ1) is 22.8. The summed E-state index contributed by atoms with van der Waals surface area (Å²) in [4.78, 5) is 14.2. The van der Waals surface area contributed by atoms with Gasteiger partial charge in [-0.1, -0.05) is 39.5 Å². The average molecular weight is 350 g/mol. The molecule has 8 heteroatoms. The number of aryl methyl sites for hydroxylation is 1. The van der Waals surface area contributed by atoms with Crippen LogP contribution in [0.5, 0.6) is 0 Å². The summed E-state index contributed by atoms with van der Waals surface area (Å²) in [5.41, 5.74) is 0.403. The third kappa shape index (κ3) is 6.69. The summed E-state index contributed by atoms with van der Waals surface area (Å²) in [5, 5.41) is 0.193. The minimum Gasteiger partial charge on any atom is -0.414 e. The van der Waals surface area contributed by atoms with Gasteiger partial charge in [-0.3, -0.25) is 0 Å². The first-order valence-electron chi connectivity index (χ1n) is 7.55. The molecule has 0 aliphatic heterocycles. The Bertz CT molecular complexity index is 608. The Balaban J connectivity index is 0.00000484. The minimum absolute atomic E-state index is 0. The molecule has 1 rings (SSSR count). The number of rotatable bonds is 7. The second kappa shape index (κ2) is 9.35. The first-order chi connectivity index (χ1) is 10.1. The first-order valence-corrected chi connectivity index (χ1v) is 10.9. The van der Waals surface area contributed by atoms with E-state index in [1.807, 2.05) is 6.92 Å². The van der Waals surface area contributed by atoms with E-state index in [4.69, 9.17) is 21.4 Å². The van der Waals surface area contributed by atoms with Crippen LogP contribution in [0.2, 0.25) is 18.1 Å². The van der Waals surface area contributed by atoms with E-state index >= 15 is 0 Å². The summed E-state index contributed by atoms with van der Waals surface area (Å²) in [6, 6.07) is 0. The van der Waals surface area contributed by atoms with Crippen LogP contribution in [0.4, 0.5) is 0 Å². The van der Waals surface area contributed by atoms with Crippen molar-refractivity contribution in [2.75, 3.05) is 13.2 Å². The van der Waals surface area contributed by atoms with Gasteiger partial charge in [0.15, 0.2) is 8.32 Å². The van der Waals surface area contributed by atoms with Crippen molar-refractivity contribution in [3.8, 4) is 0 Å². The zero-order valence-corrected chi connectivity index (χ0v) is 17.2. The van der Waals surface area contributed by atoms with Crippen LogP contribution in [0.15, 0.2) is 4.79 Å². The van der Waals surface area contributed by atoms with E-state index in [1.54, 1.807) is 4.57 Å². The molecule has 0 aliphatic carbocycles. The third-order valence-electron chi connectivity index (χ3n) is 4.08. The van der Waals surface area contributed by atoms with Gasteiger partial charge in [0.1, 0.15) is 12.3 Å². The molecule has 0 aliphatic rings. The van der Waals surface area contributed by atoms with Gasteiger partial charge in [-0.2, -0.15) is 0 Å². The molecule has 0 spiro atoms. The number of aromatic nitrogens is 2. The van der Waals surface area contributed by atoms with Crippen LogP contribution in [-0.2, 0) is 22.3 Å². The number of aromatic amines is 1. The van der Waals surface area contributed by atoms with Gasteiger partial charge in [0.05, 0.1) is 18.0 Å². The summed E-state index contributed by atoms with van der Waals surface area (Å²) >= 11 is 5.10. The van der Waals surface area contributed by atoms with Crippen LogP contribution in [0, 0.1) is 11.0 Å². The number of ether oxygens (including phenoxy) is 1. The molecular formula is C15H27LiN2O3SSi. The molecule has 1 heterocycles. The smallest absolute Gasteiger partial charge is 0.414 e. The largest absolute Gasteiger partial charge is 1.00 e. The topological polar surface area (TPSA) is 56.2 Å². The molecule has 0 aromatic carbocycles. The van der Waals surface area contributed by atoms with Crippen molar-refractivity contribution in [3.05, 3.63) is 26.9 Å². The van der Waals surface area contributed by atoms with Crippen molar-refractivity contribution in [3.63, 3.8) is 0 Å². The fraction of sp³-hybridized carbons (Fsp3) is 0.733. The number of hydrogen-bond donors (Lipinski definition) is 1. The molecule has 0 saturated carbocycles. The van der Waals surface area contributed by atoms with Gasteiger partial charge in [-0.05, 0) is 24.6 Å². The standard InChI is InChI=1S/C15H27N2O3SSi.Li/c1-7-12-10-17(14(21)16-13(12)18)11-19-8-9-20-22(5,6)15(2,3)4;/h7-9,11H2,1-6H3,(H,16,18,21);/q-1;+1. The SMILES string of the molecule is CCc1[c-]n(COCCO[Si](C)(C)C(C)(C)C)c(=S)[nH]c1=O.[Li+]. The Kier molecular flexibility index (Phi) is 9.28. The quantitative estimate of drug-likeness (QED) is 0.332. The monoisotopic (exact) mass is 350 g/mol. The summed E-state index contributed by atoms with van der Waals surface area (Å²) in [6.45, 7) is 14.3. The van der Waals surface area contributed by atoms with Crippen molar-refractivity contribution in [1.29, 1.82) is 0 Å². The van der Waals surface area contributed by atoms with Gasteiger partial charge in [-0.25, -0.2) is 0 Å². The number of nitrogens with one attached hydrogen (secondary N) is 1. The summed E-state index contributed by atoms with van der Waals surface area (Å²) < 4.78 is 13.6. The van der Waals surface area contributed by atoms with E-state index in [0.717, 1.165) is 0 Å². The Morgan fingerprint density at radius 1 is 1.30 bits per heavy atom. The molecule has 0 bridgehead atoms. The second-order valence-corrected chi connectivity index (χ2v) is 12.0. The van der Waals surface area contributed by atoms with Crippen LogP contribution in [0.25, 0.3) is 0 Å². The minimum atomic E-state index is -1.73. The van der Waals surface area contributed by atoms with Crippen LogP contribution < -0.4 is 24.4 Å². The summed E-state index contributed by atoms with van der Waals surface area (Å²) in [6.07, 6.45) is 3.58. The normalized spacial score (nSPS) is 12.1. The molecule has 0 amide bonds. The summed E-state index contributed by atoms with van der Waals surface area (Å²) in [7, 11) is -1.73. The Labute approximate surface area is 157 Å². The number of H-pyrrole nitrogens is 1. The molecule has 0 fully saturated rings. The van der Waals surface area contributed by atoms with Crippen LogP contribution in [-0.4, -0.2) is 31.1 Å². The van der Waals surface area contributed by atoms with Crippen molar-refractivity contribution >= 4 is 20.5 Å². The molecule has 1 N–H and O–H groups in total. The molecule has 0 unspecified atom stereocenters. The maximum Gasteiger partial charge on any atom is 1.00 e. The van der Waals surface area contributed by atoms with E-state index < -0.39 is 8.32 Å². The predicted molar refractivity (Wildman–Crippen MR) is 93.2 cm³/mol. The van der Waals surface area contributed by atoms with Gasteiger partial charge in [0.2, 0.25) is 0 Å². The molecular weight excluding hydrogens is 323 g/mol. The molecule has 23 heavy (non-hydrogen) atoms. The van der Waals surface area contributed by atoms with E-state index in [1.165, 1.54) is 0 Å². The molecule has 5 nitrogen and oxygen atoms in total. The molecule has 0 radical (unpaired) electrons. The van der Waals surface area contributed by atoms with E-state index in [-0.39, 0.29) is 36.2 Å². The van der Waals surface area contributed by atoms with E-state index in [0.29, 0.717) is 30.0 Å². The van der Waals surface area contributed by atoms with Gasteiger partial charge in [0.25, 0.3) is 0 Å². The second-order valence-electron chi connectivity index (χ2n) is 6.78. The predicted octanol–water partition coefficient (Wildman–Crippen LogP) is 0.268. The van der Waals surface area contributed by atoms with Gasteiger partial charge in [-0.15, -0.1) is 12.2 Å². The average Bonchev–Trinajstić information content (AvgIpc) is 2.39. The molecule has 0 atom stereocenters. The third-order valence-corrected chi connectivity index (χ3v) is 8.94. The zero-order chi connectivity index (χ0) is 17.0. The van der Waals surface area contributed by atoms with Crippen molar-refractivity contribution in [1.82, 2.24) is 9.55 Å². The molecule has 126 valence electrons. The Morgan fingerprint density at radius 2 is 1.91 bits per heavy atom. The van der Waals surface area contributed by atoms with E-state index in [2.05, 4.69) is 45.0 Å². The summed E-state index contributed by atoms with van der Waals surface area (Å²) in [5.74, 6) is 0.